The summed E-state index contributed by atoms with van der Waals surface area (Å²) in [5.41, 5.74) is 0.955. The van der Waals surface area contributed by atoms with Crippen LogP contribution in [0, 0.1) is 5.82 Å². The van der Waals surface area contributed by atoms with Crippen LogP contribution >= 0.6 is 0 Å². The van der Waals surface area contributed by atoms with Gasteiger partial charge in [0.2, 0.25) is 5.91 Å². The molecule has 1 fully saturated rings. The van der Waals surface area contributed by atoms with Gasteiger partial charge in [0.1, 0.15) is 24.1 Å². The van der Waals surface area contributed by atoms with Crippen molar-refractivity contribution < 1.29 is 28.9 Å². The van der Waals surface area contributed by atoms with E-state index in [0.29, 0.717) is 0 Å². The normalized spacial score (nSPS) is 23.6. The van der Waals surface area contributed by atoms with Gasteiger partial charge in [0, 0.05) is 31.0 Å². The number of amides is 2. The van der Waals surface area contributed by atoms with Gasteiger partial charge >= 0.3 is 0 Å². The quantitative estimate of drug-likeness (QED) is 0.522. The molecular formula is C20H22FN3O5. The molecule has 0 aliphatic carbocycles. The molecule has 4 N–H and O–H groups in total. The molecule has 0 spiro atoms. The number of ether oxygens (including phenoxy) is 1. The van der Waals surface area contributed by atoms with E-state index in [1.54, 1.807) is 18.5 Å². The lowest BCUT2D eigenvalue weighted by Crippen LogP contribution is -2.40. The van der Waals surface area contributed by atoms with Gasteiger partial charge in [0.05, 0.1) is 12.5 Å². The molecule has 154 valence electrons. The summed E-state index contributed by atoms with van der Waals surface area (Å²) in [6.07, 6.45) is -1.22. The second-order valence-electron chi connectivity index (χ2n) is 6.76. The Bertz CT molecular complexity index is 851. The van der Waals surface area contributed by atoms with E-state index in [2.05, 4.69) is 15.6 Å². The molecular weight excluding hydrogens is 381 g/mol. The molecule has 1 saturated heterocycles. The Kier molecular flexibility index (Phi) is 6.86. The summed E-state index contributed by atoms with van der Waals surface area (Å²) in [5, 5.41) is 25.5. The maximum Gasteiger partial charge on any atom is 0.251 e. The summed E-state index contributed by atoms with van der Waals surface area (Å²) in [7, 11) is 0. The molecule has 2 amide bonds. The van der Waals surface area contributed by atoms with Gasteiger partial charge < -0.3 is 25.6 Å². The minimum atomic E-state index is -1.27. The molecule has 0 unspecified atom stereocenters. The number of aliphatic hydroxyl groups excluding tert-OH is 2. The molecule has 0 radical (unpaired) electrons. The number of pyridine rings is 1. The van der Waals surface area contributed by atoms with Crippen molar-refractivity contribution >= 4 is 11.8 Å². The smallest absolute Gasteiger partial charge is 0.251 e. The van der Waals surface area contributed by atoms with Crippen LogP contribution in [-0.2, 0) is 16.1 Å². The van der Waals surface area contributed by atoms with Crippen LogP contribution in [0.4, 0.5) is 4.39 Å². The van der Waals surface area contributed by atoms with Crippen molar-refractivity contribution in [2.75, 3.05) is 6.54 Å². The van der Waals surface area contributed by atoms with Crippen molar-refractivity contribution in [3.05, 3.63) is 65.7 Å². The largest absolute Gasteiger partial charge is 0.388 e. The first-order valence-electron chi connectivity index (χ1n) is 9.15. The summed E-state index contributed by atoms with van der Waals surface area (Å²) < 4.78 is 18.8. The van der Waals surface area contributed by atoms with Gasteiger partial charge in [0.15, 0.2) is 0 Å². The maximum absolute atomic E-state index is 13.2. The number of carbonyl (C=O) groups excluding carboxylic acids is 2. The second kappa shape index (κ2) is 9.55. The molecule has 1 aliphatic rings. The molecule has 1 aliphatic heterocycles. The number of aliphatic hydroxyl groups is 2. The lowest BCUT2D eigenvalue weighted by molar-refractivity contribution is -0.125. The fraction of sp³-hybridized carbons (Fsp3) is 0.350. The van der Waals surface area contributed by atoms with Gasteiger partial charge in [-0.1, -0.05) is 12.1 Å². The SMILES string of the molecule is O=C(C[C@@H]1O[C@@H](CNC(=O)c2cccc(F)c2)[C@@H](O)[C@H]1O)NCc1cccnc1. The molecule has 3 rings (SSSR count). The van der Waals surface area contributed by atoms with Gasteiger partial charge in [0.25, 0.3) is 5.91 Å². The number of nitrogens with one attached hydrogen (secondary N) is 2. The highest BCUT2D eigenvalue weighted by Gasteiger charge is 2.43. The van der Waals surface area contributed by atoms with Crippen LogP contribution < -0.4 is 10.6 Å². The number of aromatic nitrogens is 1. The third-order valence-electron chi connectivity index (χ3n) is 4.61. The number of hydrogen-bond acceptors (Lipinski definition) is 6. The van der Waals surface area contributed by atoms with E-state index in [4.69, 9.17) is 4.74 Å². The fourth-order valence-corrected chi connectivity index (χ4v) is 3.05. The molecule has 2 heterocycles. The Morgan fingerprint density at radius 1 is 1.10 bits per heavy atom. The zero-order chi connectivity index (χ0) is 20.8. The molecule has 0 saturated carbocycles. The first-order chi connectivity index (χ1) is 13.9. The second-order valence-corrected chi connectivity index (χ2v) is 6.76. The first kappa shape index (κ1) is 20.8. The van der Waals surface area contributed by atoms with Gasteiger partial charge in [-0.25, -0.2) is 4.39 Å². The van der Waals surface area contributed by atoms with Crippen molar-refractivity contribution in [3.63, 3.8) is 0 Å². The van der Waals surface area contributed by atoms with Crippen LogP contribution in [0.15, 0.2) is 48.8 Å². The van der Waals surface area contributed by atoms with E-state index in [9.17, 15) is 24.2 Å². The monoisotopic (exact) mass is 403 g/mol. The summed E-state index contributed by atoms with van der Waals surface area (Å²) in [6, 6.07) is 8.75. The molecule has 0 bridgehead atoms. The van der Waals surface area contributed by atoms with Crippen LogP contribution in [-0.4, -0.2) is 58.0 Å². The number of benzene rings is 1. The molecule has 4 atom stereocenters. The average molecular weight is 403 g/mol. The topological polar surface area (TPSA) is 121 Å². The average Bonchev–Trinajstić information content (AvgIpc) is 2.99. The number of hydrogen-bond donors (Lipinski definition) is 4. The van der Waals surface area contributed by atoms with E-state index in [-0.39, 0.29) is 31.0 Å². The molecule has 2 aromatic rings. The Hall–Kier alpha value is -2.88. The van der Waals surface area contributed by atoms with Gasteiger partial charge in [-0.05, 0) is 29.8 Å². The molecule has 29 heavy (non-hydrogen) atoms. The van der Waals surface area contributed by atoms with Crippen LogP contribution in [0.3, 0.4) is 0 Å². The molecule has 8 nitrogen and oxygen atoms in total. The summed E-state index contributed by atoms with van der Waals surface area (Å²) in [4.78, 5) is 28.1. The van der Waals surface area contributed by atoms with Crippen molar-refractivity contribution in [2.45, 2.75) is 37.4 Å². The Morgan fingerprint density at radius 2 is 1.90 bits per heavy atom. The third kappa shape index (κ3) is 5.57. The highest BCUT2D eigenvalue weighted by atomic mass is 19.1. The van der Waals surface area contributed by atoms with Gasteiger partial charge in [-0.3, -0.25) is 14.6 Å². The van der Waals surface area contributed by atoms with Crippen molar-refractivity contribution in [1.29, 1.82) is 0 Å². The zero-order valence-electron chi connectivity index (χ0n) is 15.5. The Morgan fingerprint density at radius 3 is 2.62 bits per heavy atom. The molecule has 1 aromatic heterocycles. The zero-order valence-corrected chi connectivity index (χ0v) is 15.5. The van der Waals surface area contributed by atoms with E-state index in [1.165, 1.54) is 18.2 Å². The van der Waals surface area contributed by atoms with Crippen LogP contribution in [0.25, 0.3) is 0 Å². The number of nitrogens with zero attached hydrogens (tertiary/aromatic N) is 1. The van der Waals surface area contributed by atoms with Crippen LogP contribution in [0.2, 0.25) is 0 Å². The third-order valence-corrected chi connectivity index (χ3v) is 4.61. The van der Waals surface area contributed by atoms with Gasteiger partial charge in [-0.15, -0.1) is 0 Å². The predicted molar refractivity (Wildman–Crippen MR) is 100 cm³/mol. The number of halogens is 1. The predicted octanol–water partition coefficient (Wildman–Crippen LogP) is 0.146. The Labute approximate surface area is 166 Å². The lowest BCUT2D eigenvalue weighted by atomic mass is 10.1. The van der Waals surface area contributed by atoms with Crippen molar-refractivity contribution in [3.8, 4) is 0 Å². The molecule has 1 aromatic carbocycles. The van der Waals surface area contributed by atoms with Gasteiger partial charge in [-0.2, -0.15) is 0 Å². The molecule has 9 heteroatoms. The van der Waals surface area contributed by atoms with Crippen molar-refractivity contribution in [1.82, 2.24) is 15.6 Å². The fourth-order valence-electron chi connectivity index (χ4n) is 3.05. The van der Waals surface area contributed by atoms with E-state index < -0.39 is 36.1 Å². The minimum absolute atomic E-state index is 0.0959. The van der Waals surface area contributed by atoms with E-state index in [0.717, 1.165) is 11.6 Å². The van der Waals surface area contributed by atoms with E-state index in [1.807, 2.05) is 6.07 Å². The summed E-state index contributed by atoms with van der Waals surface area (Å²) in [6.45, 7) is 0.187. The summed E-state index contributed by atoms with van der Waals surface area (Å²) in [5.74, 6) is -1.43. The minimum Gasteiger partial charge on any atom is -0.388 e. The summed E-state index contributed by atoms with van der Waals surface area (Å²) >= 11 is 0. The number of rotatable bonds is 7. The highest BCUT2D eigenvalue weighted by Crippen LogP contribution is 2.23. The lowest BCUT2D eigenvalue weighted by Gasteiger charge is -2.15. The van der Waals surface area contributed by atoms with E-state index >= 15 is 0 Å². The highest BCUT2D eigenvalue weighted by molar-refractivity contribution is 5.94. The standard InChI is InChI=1S/C20H22FN3O5/c21-14-5-1-4-13(7-14)20(28)24-11-16-19(27)18(26)15(29-16)8-17(25)23-10-12-3-2-6-22-9-12/h1-7,9,15-16,18-19,26-27H,8,10-11H2,(H,23,25)(H,24,28)/t15-,16-,18-,19+/m0/s1. The van der Waals surface area contributed by atoms with Crippen LogP contribution in [0.1, 0.15) is 22.3 Å². The van der Waals surface area contributed by atoms with Crippen LogP contribution in [0.5, 0.6) is 0 Å². The number of carbonyl (C=O) groups is 2. The van der Waals surface area contributed by atoms with Crippen molar-refractivity contribution in [2.24, 2.45) is 0 Å². The first-order valence-corrected chi connectivity index (χ1v) is 9.15. The Balaban J connectivity index is 1.47. The maximum atomic E-state index is 13.2.